The second-order valence-electron chi connectivity index (χ2n) is 4.59. The Hall–Kier alpha value is -1.84. The van der Waals surface area contributed by atoms with E-state index in [9.17, 15) is 10.1 Å². The predicted octanol–water partition coefficient (Wildman–Crippen LogP) is 2.75. The van der Waals surface area contributed by atoms with E-state index in [1.807, 2.05) is 0 Å². The Kier molecular flexibility index (Phi) is 3.24. The van der Waals surface area contributed by atoms with Crippen LogP contribution < -0.4 is 5.32 Å². The zero-order valence-electron chi connectivity index (χ0n) is 10.7. The zero-order valence-corrected chi connectivity index (χ0v) is 12.3. The van der Waals surface area contributed by atoms with Crippen LogP contribution >= 0.6 is 22.9 Å². The van der Waals surface area contributed by atoms with Gasteiger partial charge in [-0.3, -0.25) is 9.48 Å². The van der Waals surface area contributed by atoms with Crippen molar-refractivity contribution in [2.45, 2.75) is 19.3 Å². The van der Waals surface area contributed by atoms with Gasteiger partial charge in [0.1, 0.15) is 16.8 Å². The highest BCUT2D eigenvalue weighted by atomic mass is 35.5. The molecule has 0 aliphatic heterocycles. The fraction of sp³-hybridized carbons (Fsp3) is 0.308. The SMILES string of the molecule is Cn1ncc(Cl)c1C(=O)Nc1sc2c(c1C#N)CCC2. The minimum atomic E-state index is -0.341. The number of nitrogens with one attached hydrogen (secondary N) is 1. The molecule has 5 nitrogen and oxygen atoms in total. The summed E-state index contributed by atoms with van der Waals surface area (Å²) in [5, 5.41) is 16.9. The second kappa shape index (κ2) is 4.93. The monoisotopic (exact) mass is 306 g/mol. The van der Waals surface area contributed by atoms with Gasteiger partial charge in [0.25, 0.3) is 5.91 Å². The van der Waals surface area contributed by atoms with Crippen LogP contribution in [0.25, 0.3) is 0 Å². The summed E-state index contributed by atoms with van der Waals surface area (Å²) in [6.07, 6.45) is 4.40. The number of carbonyl (C=O) groups excluding carboxylic acids is 1. The fourth-order valence-corrected chi connectivity index (χ4v) is 3.93. The van der Waals surface area contributed by atoms with Crippen molar-refractivity contribution in [2.24, 2.45) is 7.05 Å². The van der Waals surface area contributed by atoms with Crippen LogP contribution in [0.5, 0.6) is 0 Å². The Labute approximate surface area is 124 Å². The molecule has 2 aromatic rings. The lowest BCUT2D eigenvalue weighted by atomic mass is 10.1. The van der Waals surface area contributed by atoms with Gasteiger partial charge in [-0.05, 0) is 24.8 Å². The van der Waals surface area contributed by atoms with E-state index < -0.39 is 0 Å². The predicted molar refractivity (Wildman–Crippen MR) is 77.2 cm³/mol. The number of carbonyl (C=O) groups is 1. The minimum Gasteiger partial charge on any atom is -0.311 e. The Morgan fingerprint density at radius 3 is 3.05 bits per heavy atom. The average Bonchev–Trinajstić information content (AvgIpc) is 3.04. The topological polar surface area (TPSA) is 70.7 Å². The smallest absolute Gasteiger partial charge is 0.276 e. The van der Waals surface area contributed by atoms with Gasteiger partial charge >= 0.3 is 0 Å². The summed E-state index contributed by atoms with van der Waals surface area (Å²) < 4.78 is 1.42. The molecule has 0 saturated carbocycles. The lowest BCUT2D eigenvalue weighted by Gasteiger charge is -2.04. The molecule has 0 aromatic carbocycles. The van der Waals surface area contributed by atoms with Crippen LogP contribution in [-0.2, 0) is 19.9 Å². The summed E-state index contributed by atoms with van der Waals surface area (Å²) in [6, 6.07) is 2.20. The number of hydrogen-bond donors (Lipinski definition) is 1. The highest BCUT2D eigenvalue weighted by Crippen LogP contribution is 2.38. The van der Waals surface area contributed by atoms with Gasteiger partial charge in [-0.25, -0.2) is 0 Å². The van der Waals surface area contributed by atoms with Gasteiger partial charge in [0, 0.05) is 11.9 Å². The van der Waals surface area contributed by atoms with Gasteiger partial charge in [-0.1, -0.05) is 11.6 Å². The maximum Gasteiger partial charge on any atom is 0.276 e. The van der Waals surface area contributed by atoms with E-state index in [0.717, 1.165) is 24.8 Å². The Morgan fingerprint density at radius 1 is 1.60 bits per heavy atom. The summed E-state index contributed by atoms with van der Waals surface area (Å²) in [7, 11) is 1.65. The molecule has 2 heterocycles. The van der Waals surface area contributed by atoms with Gasteiger partial charge in [0.2, 0.25) is 0 Å². The summed E-state index contributed by atoms with van der Waals surface area (Å²) in [5.74, 6) is -0.341. The van der Waals surface area contributed by atoms with Crippen LogP contribution in [0.2, 0.25) is 5.02 Å². The number of nitriles is 1. The molecule has 1 N–H and O–H groups in total. The van der Waals surface area contributed by atoms with E-state index in [2.05, 4.69) is 16.5 Å². The van der Waals surface area contributed by atoms with Gasteiger partial charge < -0.3 is 5.32 Å². The Balaban J connectivity index is 1.93. The molecule has 1 aliphatic rings. The third-order valence-electron chi connectivity index (χ3n) is 3.37. The molecule has 7 heteroatoms. The van der Waals surface area contributed by atoms with E-state index in [0.29, 0.717) is 21.3 Å². The van der Waals surface area contributed by atoms with Crippen LogP contribution in [0.4, 0.5) is 5.00 Å². The van der Waals surface area contributed by atoms with Crippen LogP contribution in [0.1, 0.15) is 32.9 Å². The molecule has 0 unspecified atom stereocenters. The normalized spacial score (nSPS) is 13.1. The molecular weight excluding hydrogens is 296 g/mol. The van der Waals surface area contributed by atoms with Crippen molar-refractivity contribution in [1.82, 2.24) is 9.78 Å². The zero-order chi connectivity index (χ0) is 14.3. The van der Waals surface area contributed by atoms with Crippen molar-refractivity contribution in [3.63, 3.8) is 0 Å². The molecule has 2 aromatic heterocycles. The van der Waals surface area contributed by atoms with Gasteiger partial charge in [0.05, 0.1) is 16.8 Å². The van der Waals surface area contributed by atoms with E-state index in [4.69, 9.17) is 11.6 Å². The summed E-state index contributed by atoms with van der Waals surface area (Å²) in [5.41, 5.74) is 1.97. The van der Waals surface area contributed by atoms with Crippen LogP contribution in [-0.4, -0.2) is 15.7 Å². The van der Waals surface area contributed by atoms with Gasteiger partial charge in [-0.2, -0.15) is 10.4 Å². The first-order chi connectivity index (χ1) is 9.61. The molecule has 0 radical (unpaired) electrons. The standard InChI is InChI=1S/C13H11ClN4OS/c1-18-11(9(14)6-16-18)12(19)17-13-8(5-15)7-3-2-4-10(7)20-13/h6H,2-4H2,1H3,(H,17,19). The molecule has 1 amide bonds. The van der Waals surface area contributed by atoms with Crippen molar-refractivity contribution in [1.29, 1.82) is 5.26 Å². The third kappa shape index (κ3) is 1.99. The fourth-order valence-electron chi connectivity index (χ4n) is 2.44. The van der Waals surface area contributed by atoms with Crippen molar-refractivity contribution < 1.29 is 4.79 Å². The number of rotatable bonds is 2. The molecule has 0 atom stereocenters. The molecule has 102 valence electrons. The number of hydrogen-bond acceptors (Lipinski definition) is 4. The maximum atomic E-state index is 12.3. The summed E-state index contributed by atoms with van der Waals surface area (Å²) in [6.45, 7) is 0. The van der Waals surface area contributed by atoms with Crippen molar-refractivity contribution in [3.05, 3.63) is 32.9 Å². The molecular formula is C13H11ClN4OS. The molecule has 3 rings (SSSR count). The van der Waals surface area contributed by atoms with Crippen molar-refractivity contribution >= 4 is 33.8 Å². The number of halogens is 1. The highest BCUT2D eigenvalue weighted by molar-refractivity contribution is 7.16. The van der Waals surface area contributed by atoms with Gasteiger partial charge in [0.15, 0.2) is 0 Å². The molecule has 0 fully saturated rings. The number of fused-ring (bicyclic) bond motifs is 1. The Morgan fingerprint density at radius 2 is 2.40 bits per heavy atom. The van der Waals surface area contributed by atoms with E-state index in [-0.39, 0.29) is 5.91 Å². The maximum absolute atomic E-state index is 12.3. The minimum absolute atomic E-state index is 0.295. The number of nitrogens with zero attached hydrogens (tertiary/aromatic N) is 3. The molecule has 0 bridgehead atoms. The molecule has 20 heavy (non-hydrogen) atoms. The van der Waals surface area contributed by atoms with Crippen molar-refractivity contribution in [3.8, 4) is 6.07 Å². The number of anilines is 1. The van der Waals surface area contributed by atoms with Crippen molar-refractivity contribution in [2.75, 3.05) is 5.32 Å². The van der Waals surface area contributed by atoms with Crippen LogP contribution in [0.3, 0.4) is 0 Å². The second-order valence-corrected chi connectivity index (χ2v) is 6.10. The molecule has 0 saturated heterocycles. The quantitative estimate of drug-likeness (QED) is 0.927. The largest absolute Gasteiger partial charge is 0.311 e. The first kappa shape index (κ1) is 13.2. The number of amides is 1. The van der Waals surface area contributed by atoms with E-state index in [1.54, 1.807) is 7.05 Å². The first-order valence-corrected chi connectivity index (χ1v) is 7.34. The first-order valence-electron chi connectivity index (χ1n) is 6.15. The van der Waals surface area contributed by atoms with Crippen LogP contribution in [0.15, 0.2) is 6.20 Å². The van der Waals surface area contributed by atoms with Gasteiger partial charge in [-0.15, -0.1) is 11.3 Å². The third-order valence-corrected chi connectivity index (χ3v) is 4.85. The lowest BCUT2D eigenvalue weighted by molar-refractivity contribution is 0.101. The lowest BCUT2D eigenvalue weighted by Crippen LogP contribution is -2.16. The summed E-state index contributed by atoms with van der Waals surface area (Å²) >= 11 is 7.43. The highest BCUT2D eigenvalue weighted by Gasteiger charge is 2.24. The molecule has 1 aliphatic carbocycles. The summed E-state index contributed by atoms with van der Waals surface area (Å²) in [4.78, 5) is 13.5. The average molecular weight is 307 g/mol. The number of thiophene rings is 1. The number of aryl methyl sites for hydroxylation is 2. The van der Waals surface area contributed by atoms with E-state index >= 15 is 0 Å². The van der Waals surface area contributed by atoms with E-state index in [1.165, 1.54) is 27.1 Å². The number of aromatic nitrogens is 2. The van der Waals surface area contributed by atoms with Crippen LogP contribution in [0, 0.1) is 11.3 Å². The Bertz CT molecular complexity index is 721. The molecule has 0 spiro atoms.